The largest absolute Gasteiger partial charge is 0.496 e. The van der Waals surface area contributed by atoms with Gasteiger partial charge in [-0.15, -0.1) is 0 Å². The molecule has 0 fully saturated rings. The van der Waals surface area contributed by atoms with E-state index in [9.17, 15) is 9.59 Å². The standard InChI is InChI=1S/C24H32N2O3.C3H8.C2H6/c1-8-19-20(10-9-11-21(19)29-7)22(27)25-26(15-24(4,5)6)23(28)18-13-16(2)12-17(3)14-18;1-3-2;1-2/h9-14H,8,15H2,1-7H3,(H,25,27);3H2,1-2H3;1-2H3. The summed E-state index contributed by atoms with van der Waals surface area (Å²) in [5.74, 6) is 0.131. The van der Waals surface area contributed by atoms with Crippen LogP contribution >= 0.6 is 0 Å². The lowest BCUT2D eigenvalue weighted by atomic mass is 9.96. The van der Waals surface area contributed by atoms with Crippen LogP contribution in [0.15, 0.2) is 36.4 Å². The first kappa shape index (κ1) is 31.2. The molecule has 2 amide bonds. The van der Waals surface area contributed by atoms with Gasteiger partial charge >= 0.3 is 0 Å². The molecule has 5 heteroatoms. The fourth-order valence-electron chi connectivity index (χ4n) is 3.41. The van der Waals surface area contributed by atoms with Crippen LogP contribution in [-0.4, -0.2) is 30.5 Å². The van der Waals surface area contributed by atoms with Crippen molar-refractivity contribution in [2.45, 2.75) is 82.1 Å². The Kier molecular flexibility index (Phi) is 13.9. The number of carbonyl (C=O) groups excluding carboxylic acids is 2. The lowest BCUT2D eigenvalue weighted by molar-refractivity contribution is 0.0508. The van der Waals surface area contributed by atoms with Crippen LogP contribution in [0.2, 0.25) is 0 Å². The van der Waals surface area contributed by atoms with Crippen LogP contribution in [0.3, 0.4) is 0 Å². The molecule has 0 saturated heterocycles. The van der Waals surface area contributed by atoms with E-state index in [1.54, 1.807) is 19.2 Å². The number of aryl methyl sites for hydroxylation is 2. The van der Waals surface area contributed by atoms with E-state index in [-0.39, 0.29) is 17.2 Å². The topological polar surface area (TPSA) is 58.6 Å². The normalized spacial score (nSPS) is 10.2. The molecule has 0 saturated carbocycles. The SMILES string of the molecule is CC.CCC.CCc1c(OC)cccc1C(=O)NN(CC(C)(C)C)C(=O)c1cc(C)cc(C)c1. The average molecular weight is 471 g/mol. The van der Waals surface area contributed by atoms with Gasteiger partial charge in [0, 0.05) is 23.2 Å². The number of methoxy groups -OCH3 is 1. The molecule has 2 aromatic rings. The molecule has 34 heavy (non-hydrogen) atoms. The number of nitrogens with zero attached hydrogens (tertiary/aromatic N) is 1. The van der Waals surface area contributed by atoms with Gasteiger partial charge in [-0.3, -0.25) is 15.0 Å². The Morgan fingerprint density at radius 2 is 1.50 bits per heavy atom. The molecule has 0 atom stereocenters. The Labute approximate surface area is 207 Å². The maximum absolute atomic E-state index is 13.3. The fourth-order valence-corrected chi connectivity index (χ4v) is 3.41. The Hall–Kier alpha value is -2.82. The highest BCUT2D eigenvalue weighted by Gasteiger charge is 2.26. The molecule has 0 bridgehead atoms. The first-order chi connectivity index (χ1) is 16.0. The van der Waals surface area contributed by atoms with Gasteiger partial charge in [-0.05, 0) is 49.9 Å². The van der Waals surface area contributed by atoms with Crippen molar-refractivity contribution in [2.24, 2.45) is 5.41 Å². The van der Waals surface area contributed by atoms with E-state index in [2.05, 4.69) is 19.3 Å². The summed E-state index contributed by atoms with van der Waals surface area (Å²) in [4.78, 5) is 26.4. The quantitative estimate of drug-likeness (QED) is 0.472. The minimum Gasteiger partial charge on any atom is -0.496 e. The number of hydrogen-bond donors (Lipinski definition) is 1. The second-order valence-corrected chi connectivity index (χ2v) is 9.32. The first-order valence-electron chi connectivity index (χ1n) is 12.3. The Balaban J connectivity index is 0.00000201. The molecule has 5 nitrogen and oxygen atoms in total. The van der Waals surface area contributed by atoms with Crippen LogP contribution in [0.1, 0.15) is 99.2 Å². The van der Waals surface area contributed by atoms with E-state index in [1.807, 2.05) is 79.7 Å². The Morgan fingerprint density at radius 1 is 0.971 bits per heavy atom. The third-order valence-corrected chi connectivity index (χ3v) is 4.53. The summed E-state index contributed by atoms with van der Waals surface area (Å²) in [5.41, 5.74) is 6.57. The Morgan fingerprint density at radius 3 is 1.94 bits per heavy atom. The van der Waals surface area contributed by atoms with Gasteiger partial charge in [0.1, 0.15) is 5.75 Å². The summed E-state index contributed by atoms with van der Waals surface area (Å²) >= 11 is 0. The second-order valence-electron chi connectivity index (χ2n) is 9.32. The van der Waals surface area contributed by atoms with Crippen LogP contribution in [0.5, 0.6) is 5.75 Å². The summed E-state index contributed by atoms with van der Waals surface area (Å²) < 4.78 is 5.40. The number of benzene rings is 2. The number of nitrogens with one attached hydrogen (secondary N) is 1. The third kappa shape index (κ3) is 9.98. The molecule has 0 unspecified atom stereocenters. The van der Waals surface area contributed by atoms with Crippen LogP contribution in [0.4, 0.5) is 0 Å². The highest BCUT2D eigenvalue weighted by Crippen LogP contribution is 2.23. The average Bonchev–Trinajstić information content (AvgIpc) is 2.77. The van der Waals surface area contributed by atoms with Gasteiger partial charge in [0.15, 0.2) is 0 Å². The number of rotatable bonds is 5. The zero-order valence-corrected chi connectivity index (χ0v) is 23.3. The number of amides is 2. The zero-order valence-electron chi connectivity index (χ0n) is 23.3. The fraction of sp³-hybridized carbons (Fsp3) is 0.517. The van der Waals surface area contributed by atoms with E-state index in [1.165, 1.54) is 11.4 Å². The molecule has 0 heterocycles. The van der Waals surface area contributed by atoms with Crippen molar-refractivity contribution in [3.8, 4) is 5.75 Å². The van der Waals surface area contributed by atoms with Gasteiger partial charge in [-0.1, -0.05) is 85.1 Å². The van der Waals surface area contributed by atoms with Crippen molar-refractivity contribution in [1.29, 1.82) is 0 Å². The molecular formula is C29H46N2O3. The molecule has 0 radical (unpaired) electrons. The van der Waals surface area contributed by atoms with Crippen LogP contribution in [0.25, 0.3) is 0 Å². The lowest BCUT2D eigenvalue weighted by Gasteiger charge is -2.30. The molecule has 0 aliphatic heterocycles. The summed E-state index contributed by atoms with van der Waals surface area (Å²) in [7, 11) is 1.59. The first-order valence-corrected chi connectivity index (χ1v) is 12.3. The predicted molar refractivity (Wildman–Crippen MR) is 144 cm³/mol. The van der Waals surface area contributed by atoms with Gasteiger partial charge in [-0.25, -0.2) is 5.01 Å². The molecule has 0 spiro atoms. The maximum atomic E-state index is 13.3. The summed E-state index contributed by atoms with van der Waals surface area (Å²) in [6.07, 6.45) is 1.90. The molecule has 190 valence electrons. The Bertz CT molecular complexity index is 894. The minimum absolute atomic E-state index is 0.191. The van der Waals surface area contributed by atoms with E-state index in [0.29, 0.717) is 29.8 Å². The third-order valence-electron chi connectivity index (χ3n) is 4.53. The number of hydrazine groups is 1. The lowest BCUT2D eigenvalue weighted by Crippen LogP contribution is -2.50. The zero-order chi connectivity index (χ0) is 26.5. The molecule has 1 N–H and O–H groups in total. The van der Waals surface area contributed by atoms with Gasteiger partial charge in [0.25, 0.3) is 11.8 Å². The smallest absolute Gasteiger partial charge is 0.272 e. The van der Waals surface area contributed by atoms with Crippen molar-refractivity contribution in [3.63, 3.8) is 0 Å². The van der Waals surface area contributed by atoms with Gasteiger partial charge < -0.3 is 4.74 Å². The van der Waals surface area contributed by atoms with E-state index >= 15 is 0 Å². The van der Waals surface area contributed by atoms with E-state index < -0.39 is 0 Å². The number of carbonyl (C=O) groups is 2. The van der Waals surface area contributed by atoms with Crippen molar-refractivity contribution >= 4 is 11.8 Å². The van der Waals surface area contributed by atoms with Crippen molar-refractivity contribution in [3.05, 3.63) is 64.2 Å². The summed E-state index contributed by atoms with van der Waals surface area (Å²) in [5, 5.41) is 1.43. The monoisotopic (exact) mass is 470 g/mol. The van der Waals surface area contributed by atoms with Gasteiger partial charge in [0.05, 0.1) is 7.11 Å². The maximum Gasteiger partial charge on any atom is 0.272 e. The van der Waals surface area contributed by atoms with Crippen molar-refractivity contribution < 1.29 is 14.3 Å². The molecule has 0 aromatic heterocycles. The number of hydrogen-bond acceptors (Lipinski definition) is 3. The van der Waals surface area contributed by atoms with Gasteiger partial charge in [0.2, 0.25) is 0 Å². The molecular weight excluding hydrogens is 424 g/mol. The molecule has 2 aromatic carbocycles. The van der Waals surface area contributed by atoms with E-state index in [4.69, 9.17) is 4.74 Å². The van der Waals surface area contributed by atoms with Crippen LogP contribution in [-0.2, 0) is 6.42 Å². The van der Waals surface area contributed by atoms with Crippen LogP contribution in [0, 0.1) is 19.3 Å². The molecule has 0 aliphatic rings. The van der Waals surface area contributed by atoms with Gasteiger partial charge in [-0.2, -0.15) is 0 Å². The van der Waals surface area contributed by atoms with Crippen LogP contribution < -0.4 is 10.2 Å². The molecule has 0 aliphatic carbocycles. The van der Waals surface area contributed by atoms with E-state index in [0.717, 1.165) is 16.7 Å². The summed E-state index contributed by atoms with van der Waals surface area (Å²) in [6.45, 7) is 20.6. The van der Waals surface area contributed by atoms with Crippen molar-refractivity contribution in [1.82, 2.24) is 10.4 Å². The highest BCUT2D eigenvalue weighted by molar-refractivity contribution is 6.00. The number of ether oxygens (including phenoxy) is 1. The highest BCUT2D eigenvalue weighted by atomic mass is 16.5. The predicted octanol–water partition coefficient (Wildman–Crippen LogP) is 7.15. The molecule has 2 rings (SSSR count). The summed E-state index contributed by atoms with van der Waals surface area (Å²) in [6, 6.07) is 11.1. The minimum atomic E-state index is -0.317. The second kappa shape index (κ2) is 15.2. The van der Waals surface area contributed by atoms with Crippen molar-refractivity contribution in [2.75, 3.05) is 13.7 Å².